The number of hydrogen-bond donors (Lipinski definition) is 1. The van der Waals surface area contributed by atoms with Crippen molar-refractivity contribution in [2.24, 2.45) is 10.7 Å². The number of ether oxygens (including phenoxy) is 1. The maximum atomic E-state index is 11.1. The van der Waals surface area contributed by atoms with E-state index in [2.05, 4.69) is 4.99 Å². The van der Waals surface area contributed by atoms with Crippen LogP contribution in [0, 0.1) is 0 Å². The number of carbonyl (C=O) groups is 2. The molecule has 1 aliphatic heterocycles. The van der Waals surface area contributed by atoms with Crippen molar-refractivity contribution >= 4 is 17.8 Å². The molecule has 1 heterocycles. The molecule has 0 saturated carbocycles. The largest absolute Gasteiger partial charge is 0.466 e. The molecule has 2 N–H and O–H groups in total. The summed E-state index contributed by atoms with van der Waals surface area (Å²) in [6.45, 7) is 2.04. The third-order valence-corrected chi connectivity index (χ3v) is 2.00. The number of amides is 2. The van der Waals surface area contributed by atoms with Gasteiger partial charge >= 0.3 is 12.0 Å². The molecule has 0 radical (unpaired) electrons. The van der Waals surface area contributed by atoms with Gasteiger partial charge in [-0.3, -0.25) is 4.79 Å². The van der Waals surface area contributed by atoms with Crippen molar-refractivity contribution in [3.63, 3.8) is 0 Å². The molecule has 0 aromatic rings. The highest BCUT2D eigenvalue weighted by Crippen LogP contribution is 2.12. The van der Waals surface area contributed by atoms with Crippen LogP contribution in [0.3, 0.4) is 0 Å². The Bertz CT molecular complexity index is 288. The lowest BCUT2D eigenvalue weighted by molar-refractivity contribution is -0.143. The van der Waals surface area contributed by atoms with Crippen molar-refractivity contribution in [2.75, 3.05) is 13.7 Å². The zero-order valence-electron chi connectivity index (χ0n) is 8.19. The Balaban J connectivity index is 2.57. The van der Waals surface area contributed by atoms with Crippen LogP contribution in [0.15, 0.2) is 4.99 Å². The summed E-state index contributed by atoms with van der Waals surface area (Å²) >= 11 is 0. The van der Waals surface area contributed by atoms with Gasteiger partial charge in [-0.15, -0.1) is 0 Å². The number of rotatable bonds is 3. The first-order valence-corrected chi connectivity index (χ1v) is 4.32. The Morgan fingerprint density at radius 2 is 2.36 bits per heavy atom. The molecule has 0 saturated heterocycles. The van der Waals surface area contributed by atoms with E-state index in [0.717, 1.165) is 0 Å². The fourth-order valence-corrected chi connectivity index (χ4v) is 1.21. The van der Waals surface area contributed by atoms with Gasteiger partial charge in [0.15, 0.2) is 0 Å². The van der Waals surface area contributed by atoms with Crippen LogP contribution in [0.5, 0.6) is 0 Å². The van der Waals surface area contributed by atoms with E-state index in [0.29, 0.717) is 6.61 Å². The highest BCUT2D eigenvalue weighted by Gasteiger charge is 2.32. The lowest BCUT2D eigenvalue weighted by Gasteiger charge is -2.17. The molecule has 0 aromatic carbocycles. The summed E-state index contributed by atoms with van der Waals surface area (Å²) in [7, 11) is 1.55. The van der Waals surface area contributed by atoms with E-state index < -0.39 is 12.1 Å². The highest BCUT2D eigenvalue weighted by molar-refractivity contribution is 6.04. The molecular formula is C8H13N3O3. The monoisotopic (exact) mass is 199 g/mol. The van der Waals surface area contributed by atoms with E-state index in [4.69, 9.17) is 10.5 Å². The van der Waals surface area contributed by atoms with Crippen LogP contribution in [0.1, 0.15) is 13.3 Å². The Labute approximate surface area is 81.7 Å². The van der Waals surface area contributed by atoms with Gasteiger partial charge in [0.05, 0.1) is 13.0 Å². The topological polar surface area (TPSA) is 85.0 Å². The second kappa shape index (κ2) is 4.08. The van der Waals surface area contributed by atoms with Crippen molar-refractivity contribution in [2.45, 2.75) is 19.4 Å². The summed E-state index contributed by atoms with van der Waals surface area (Å²) in [5, 5.41) is 0. The number of esters is 1. The Morgan fingerprint density at radius 3 is 2.79 bits per heavy atom. The van der Waals surface area contributed by atoms with Crippen LogP contribution in [-0.2, 0) is 9.53 Å². The summed E-state index contributed by atoms with van der Waals surface area (Å²) in [5.41, 5.74) is 5.48. The Kier molecular flexibility index (Phi) is 3.06. The molecule has 14 heavy (non-hydrogen) atoms. The first-order valence-electron chi connectivity index (χ1n) is 4.32. The van der Waals surface area contributed by atoms with Crippen molar-refractivity contribution in [1.29, 1.82) is 0 Å². The van der Waals surface area contributed by atoms with Gasteiger partial charge in [-0.25, -0.2) is 4.79 Å². The number of nitrogens with two attached hydrogens (primary N) is 1. The standard InChI is InChI=1S/C8H13N3O3/c1-3-14-6(12)4-5-7(9)10-8(13)11(5)2/h5H,3-4H2,1-2H3,(H2,9,10,13). The number of likely N-dealkylation sites (N-methyl/N-ethyl adjacent to an activating group) is 1. The van der Waals surface area contributed by atoms with Crippen LogP contribution in [0.2, 0.25) is 0 Å². The first kappa shape index (κ1) is 10.5. The lowest BCUT2D eigenvalue weighted by Crippen LogP contribution is -2.39. The van der Waals surface area contributed by atoms with Gasteiger partial charge in [-0.2, -0.15) is 4.99 Å². The zero-order valence-corrected chi connectivity index (χ0v) is 8.19. The predicted octanol–water partition coefficient (Wildman–Crippen LogP) is -0.269. The molecule has 0 aromatic heterocycles. The minimum atomic E-state index is -0.457. The van der Waals surface area contributed by atoms with Gasteiger partial charge in [-0.05, 0) is 6.92 Å². The van der Waals surface area contributed by atoms with Crippen LogP contribution < -0.4 is 5.73 Å². The van der Waals surface area contributed by atoms with E-state index in [1.165, 1.54) is 4.90 Å². The summed E-state index contributed by atoms with van der Waals surface area (Å²) in [4.78, 5) is 27.0. The molecule has 1 unspecified atom stereocenters. The molecule has 78 valence electrons. The molecule has 1 atom stereocenters. The number of carbonyl (C=O) groups excluding carboxylic acids is 2. The molecular weight excluding hydrogens is 186 g/mol. The smallest absolute Gasteiger partial charge is 0.345 e. The van der Waals surface area contributed by atoms with Crippen LogP contribution >= 0.6 is 0 Å². The molecule has 0 bridgehead atoms. The minimum absolute atomic E-state index is 0.0609. The second-order valence-corrected chi connectivity index (χ2v) is 2.96. The molecule has 0 fully saturated rings. The van der Waals surface area contributed by atoms with Gasteiger partial charge in [0.2, 0.25) is 0 Å². The van der Waals surface area contributed by atoms with Gasteiger partial charge in [-0.1, -0.05) is 0 Å². The normalized spacial score (nSPS) is 21.0. The Morgan fingerprint density at radius 1 is 1.71 bits per heavy atom. The predicted molar refractivity (Wildman–Crippen MR) is 49.8 cm³/mol. The average Bonchev–Trinajstić information content (AvgIpc) is 2.33. The highest BCUT2D eigenvalue weighted by atomic mass is 16.5. The van der Waals surface area contributed by atoms with Crippen LogP contribution in [0.4, 0.5) is 4.79 Å². The second-order valence-electron chi connectivity index (χ2n) is 2.96. The number of amidine groups is 1. The van der Waals surface area contributed by atoms with E-state index in [1.54, 1.807) is 14.0 Å². The molecule has 6 nitrogen and oxygen atoms in total. The zero-order chi connectivity index (χ0) is 10.7. The SMILES string of the molecule is CCOC(=O)CC1C(N)=NC(=O)N1C. The van der Waals surface area contributed by atoms with Gasteiger partial charge in [0.25, 0.3) is 0 Å². The fourth-order valence-electron chi connectivity index (χ4n) is 1.21. The molecule has 0 aliphatic carbocycles. The van der Waals surface area contributed by atoms with E-state index in [9.17, 15) is 9.59 Å². The lowest BCUT2D eigenvalue weighted by atomic mass is 10.2. The van der Waals surface area contributed by atoms with Crippen LogP contribution in [-0.4, -0.2) is 42.4 Å². The summed E-state index contributed by atoms with van der Waals surface area (Å²) < 4.78 is 4.75. The van der Waals surface area contributed by atoms with Crippen molar-refractivity contribution in [3.05, 3.63) is 0 Å². The third-order valence-electron chi connectivity index (χ3n) is 2.00. The maximum absolute atomic E-state index is 11.1. The fraction of sp³-hybridized carbons (Fsp3) is 0.625. The molecule has 1 aliphatic rings. The molecule has 0 spiro atoms. The number of urea groups is 1. The molecule has 6 heteroatoms. The van der Waals surface area contributed by atoms with Crippen molar-refractivity contribution < 1.29 is 14.3 Å². The van der Waals surface area contributed by atoms with Gasteiger partial charge in [0.1, 0.15) is 11.9 Å². The van der Waals surface area contributed by atoms with Crippen LogP contribution in [0.25, 0.3) is 0 Å². The van der Waals surface area contributed by atoms with E-state index in [-0.39, 0.29) is 18.2 Å². The van der Waals surface area contributed by atoms with Gasteiger partial charge < -0.3 is 15.4 Å². The van der Waals surface area contributed by atoms with Crippen molar-refractivity contribution in [1.82, 2.24) is 4.90 Å². The summed E-state index contributed by atoms with van der Waals surface area (Å²) in [6, 6.07) is -0.877. The first-order chi connectivity index (χ1) is 6.56. The average molecular weight is 199 g/mol. The third kappa shape index (κ3) is 2.01. The number of aliphatic imine (C=N–C) groups is 1. The van der Waals surface area contributed by atoms with E-state index >= 15 is 0 Å². The number of hydrogen-bond acceptors (Lipinski definition) is 4. The quantitative estimate of drug-likeness (QED) is 0.634. The summed E-state index contributed by atoms with van der Waals surface area (Å²) in [5.74, 6) is -0.206. The van der Waals surface area contributed by atoms with Gasteiger partial charge in [0, 0.05) is 7.05 Å². The molecule has 2 amide bonds. The molecule has 1 rings (SSSR count). The Hall–Kier alpha value is -1.59. The maximum Gasteiger partial charge on any atom is 0.345 e. The number of nitrogens with zero attached hydrogens (tertiary/aromatic N) is 2. The van der Waals surface area contributed by atoms with E-state index in [1.807, 2.05) is 0 Å². The van der Waals surface area contributed by atoms with Crippen molar-refractivity contribution in [3.8, 4) is 0 Å². The summed E-state index contributed by atoms with van der Waals surface area (Å²) in [6.07, 6.45) is 0.0609. The minimum Gasteiger partial charge on any atom is -0.466 e.